The Labute approximate surface area is 173 Å². The Morgan fingerprint density at radius 2 is 2.10 bits per heavy atom. The average Bonchev–Trinajstić information content (AvgIpc) is 3.16. The molecule has 154 valence electrons. The lowest BCUT2D eigenvalue weighted by Crippen LogP contribution is -2.14. The van der Waals surface area contributed by atoms with Crippen LogP contribution in [0.25, 0.3) is 11.1 Å². The number of pyridine rings is 2. The Morgan fingerprint density at radius 1 is 1.23 bits per heavy atom. The summed E-state index contributed by atoms with van der Waals surface area (Å²) in [5, 5.41) is 5.75. The molecule has 0 bridgehead atoms. The Balaban J connectivity index is 1.62. The van der Waals surface area contributed by atoms with Crippen molar-refractivity contribution in [1.29, 1.82) is 0 Å². The molecule has 3 heterocycles. The molecule has 2 N–H and O–H groups in total. The number of halogens is 2. The number of carbonyl (C=O) groups excluding carboxylic acids is 1. The molecular weight excluding hydrogens is 386 g/mol. The second-order valence-electron chi connectivity index (χ2n) is 7.37. The summed E-state index contributed by atoms with van der Waals surface area (Å²) < 4.78 is 29.5. The second kappa shape index (κ2) is 8.57. The van der Waals surface area contributed by atoms with Gasteiger partial charge in [-0.1, -0.05) is 13.0 Å². The maximum Gasteiger partial charge on any atom is 0.224 e. The third kappa shape index (κ3) is 4.01. The van der Waals surface area contributed by atoms with Crippen molar-refractivity contribution in [1.82, 2.24) is 9.97 Å². The highest BCUT2D eigenvalue weighted by molar-refractivity contribution is 5.90. The van der Waals surface area contributed by atoms with Crippen molar-refractivity contribution < 1.29 is 13.6 Å². The summed E-state index contributed by atoms with van der Waals surface area (Å²) in [5.74, 6) is -1.04. The van der Waals surface area contributed by atoms with E-state index in [4.69, 9.17) is 0 Å². The van der Waals surface area contributed by atoms with Crippen molar-refractivity contribution in [2.45, 2.75) is 32.1 Å². The van der Waals surface area contributed by atoms with E-state index in [0.717, 1.165) is 22.5 Å². The van der Waals surface area contributed by atoms with E-state index < -0.39 is 11.6 Å². The molecule has 0 radical (unpaired) electrons. The van der Waals surface area contributed by atoms with Crippen LogP contribution in [0.15, 0.2) is 48.9 Å². The fraction of sp³-hybridized carbons (Fsp3) is 0.261. The van der Waals surface area contributed by atoms with Gasteiger partial charge in [-0.3, -0.25) is 9.78 Å². The first-order valence-corrected chi connectivity index (χ1v) is 9.97. The van der Waals surface area contributed by atoms with E-state index >= 15 is 4.39 Å². The molecule has 1 aliphatic rings. The van der Waals surface area contributed by atoms with E-state index in [0.29, 0.717) is 13.0 Å². The van der Waals surface area contributed by atoms with Crippen LogP contribution in [0.1, 0.15) is 36.8 Å². The Morgan fingerprint density at radius 3 is 2.87 bits per heavy atom. The van der Waals surface area contributed by atoms with E-state index in [9.17, 15) is 9.18 Å². The average molecular weight is 408 g/mol. The van der Waals surface area contributed by atoms with Crippen molar-refractivity contribution in [2.24, 2.45) is 0 Å². The van der Waals surface area contributed by atoms with Crippen LogP contribution in [0.3, 0.4) is 0 Å². The van der Waals surface area contributed by atoms with Crippen molar-refractivity contribution >= 4 is 17.4 Å². The quantitative estimate of drug-likeness (QED) is 0.608. The smallest absolute Gasteiger partial charge is 0.224 e. The summed E-state index contributed by atoms with van der Waals surface area (Å²) in [6.45, 7) is 2.40. The van der Waals surface area contributed by atoms with Gasteiger partial charge in [0.1, 0.15) is 11.6 Å². The Hall–Kier alpha value is -3.35. The SMILES string of the molecule is CCCC(=O)Nc1ccc(F)c(CC2CNc3ncc(-c4cccnc4)cc32)c1F. The number of rotatable bonds is 6. The minimum atomic E-state index is -0.718. The van der Waals surface area contributed by atoms with Crippen LogP contribution in [0, 0.1) is 11.6 Å². The number of amides is 1. The number of anilines is 2. The molecule has 0 saturated carbocycles. The Bertz CT molecular complexity index is 1070. The maximum absolute atomic E-state index is 15.0. The van der Waals surface area contributed by atoms with E-state index in [-0.39, 0.29) is 35.9 Å². The maximum atomic E-state index is 15.0. The molecule has 1 aromatic carbocycles. The Kier molecular flexibility index (Phi) is 5.70. The van der Waals surface area contributed by atoms with Crippen LogP contribution in [0.5, 0.6) is 0 Å². The fourth-order valence-electron chi connectivity index (χ4n) is 3.71. The molecule has 0 spiro atoms. The molecule has 30 heavy (non-hydrogen) atoms. The molecular formula is C23H22F2N4O. The molecule has 0 fully saturated rings. The predicted molar refractivity (Wildman–Crippen MR) is 112 cm³/mol. The van der Waals surface area contributed by atoms with Gasteiger partial charge >= 0.3 is 0 Å². The number of carbonyl (C=O) groups is 1. The summed E-state index contributed by atoms with van der Waals surface area (Å²) in [6.07, 6.45) is 6.31. The van der Waals surface area contributed by atoms with Crippen LogP contribution < -0.4 is 10.6 Å². The van der Waals surface area contributed by atoms with Crippen molar-refractivity contribution in [3.8, 4) is 11.1 Å². The lowest BCUT2D eigenvalue weighted by atomic mass is 9.92. The van der Waals surface area contributed by atoms with Gasteiger partial charge in [0.2, 0.25) is 5.91 Å². The van der Waals surface area contributed by atoms with Crippen LogP contribution in [0.4, 0.5) is 20.3 Å². The minimum absolute atomic E-state index is 0.0123. The molecule has 2 aromatic heterocycles. The van der Waals surface area contributed by atoms with Crippen molar-refractivity contribution in [2.75, 3.05) is 17.2 Å². The van der Waals surface area contributed by atoms with Gasteiger partial charge in [-0.2, -0.15) is 0 Å². The highest BCUT2D eigenvalue weighted by atomic mass is 19.1. The lowest BCUT2D eigenvalue weighted by molar-refractivity contribution is -0.116. The second-order valence-corrected chi connectivity index (χ2v) is 7.37. The van der Waals surface area contributed by atoms with Gasteiger partial charge in [0, 0.05) is 59.7 Å². The number of hydrogen-bond donors (Lipinski definition) is 2. The van der Waals surface area contributed by atoms with E-state index in [2.05, 4.69) is 20.6 Å². The first-order valence-electron chi connectivity index (χ1n) is 9.97. The number of benzene rings is 1. The summed E-state index contributed by atoms with van der Waals surface area (Å²) in [4.78, 5) is 20.4. The monoisotopic (exact) mass is 408 g/mol. The molecule has 1 aliphatic heterocycles. The predicted octanol–water partition coefficient (Wildman–Crippen LogP) is 4.91. The van der Waals surface area contributed by atoms with Crippen LogP contribution >= 0.6 is 0 Å². The normalized spacial score (nSPS) is 14.8. The van der Waals surface area contributed by atoms with Gasteiger partial charge in [-0.05, 0) is 37.1 Å². The number of nitrogens with one attached hydrogen (secondary N) is 2. The first kappa shape index (κ1) is 19.9. The largest absolute Gasteiger partial charge is 0.369 e. The highest BCUT2D eigenvalue weighted by Gasteiger charge is 2.27. The number of fused-ring (bicyclic) bond motifs is 1. The minimum Gasteiger partial charge on any atom is -0.369 e. The van der Waals surface area contributed by atoms with E-state index in [1.807, 2.05) is 25.1 Å². The van der Waals surface area contributed by atoms with Gasteiger partial charge in [0.25, 0.3) is 0 Å². The van der Waals surface area contributed by atoms with Crippen molar-refractivity contribution in [3.63, 3.8) is 0 Å². The molecule has 5 nitrogen and oxygen atoms in total. The summed E-state index contributed by atoms with van der Waals surface area (Å²) in [5.41, 5.74) is 2.72. The molecule has 1 atom stereocenters. The molecule has 1 unspecified atom stereocenters. The standard InChI is InChI=1S/C23H22F2N4O/c1-2-4-21(30)29-20-7-6-19(24)18(22(20)25)10-16-13-28-23-17(16)9-15(12-27-23)14-5-3-8-26-11-14/h3,5-9,11-12,16H,2,4,10,13H2,1H3,(H,27,28)(H,29,30). The van der Waals surface area contributed by atoms with Gasteiger partial charge in [-0.25, -0.2) is 13.8 Å². The molecule has 1 amide bonds. The fourth-order valence-corrected chi connectivity index (χ4v) is 3.71. The zero-order valence-corrected chi connectivity index (χ0v) is 16.6. The highest BCUT2D eigenvalue weighted by Crippen LogP contribution is 2.36. The number of aromatic nitrogens is 2. The third-order valence-corrected chi connectivity index (χ3v) is 5.26. The lowest BCUT2D eigenvalue weighted by Gasteiger charge is -2.15. The van der Waals surface area contributed by atoms with Crippen molar-refractivity contribution in [3.05, 3.63) is 71.7 Å². The van der Waals surface area contributed by atoms with Gasteiger partial charge in [0.05, 0.1) is 5.69 Å². The van der Waals surface area contributed by atoms with Crippen LogP contribution in [-0.4, -0.2) is 22.4 Å². The van der Waals surface area contributed by atoms with Crippen LogP contribution in [-0.2, 0) is 11.2 Å². The molecule has 0 aliphatic carbocycles. The summed E-state index contributed by atoms with van der Waals surface area (Å²) in [7, 11) is 0. The zero-order chi connectivity index (χ0) is 21.1. The molecule has 4 rings (SSSR count). The van der Waals surface area contributed by atoms with E-state index in [1.165, 1.54) is 12.1 Å². The molecule has 7 heteroatoms. The first-order chi connectivity index (χ1) is 14.6. The topological polar surface area (TPSA) is 66.9 Å². The summed E-state index contributed by atoms with van der Waals surface area (Å²) >= 11 is 0. The summed E-state index contributed by atoms with van der Waals surface area (Å²) in [6, 6.07) is 8.25. The molecule has 3 aromatic rings. The number of nitrogens with zero attached hydrogens (tertiary/aromatic N) is 2. The van der Waals surface area contributed by atoms with Gasteiger partial charge < -0.3 is 10.6 Å². The van der Waals surface area contributed by atoms with E-state index in [1.54, 1.807) is 18.6 Å². The zero-order valence-electron chi connectivity index (χ0n) is 16.6. The number of hydrogen-bond acceptors (Lipinski definition) is 4. The van der Waals surface area contributed by atoms with Gasteiger partial charge in [-0.15, -0.1) is 0 Å². The van der Waals surface area contributed by atoms with Gasteiger partial charge in [0.15, 0.2) is 5.82 Å². The third-order valence-electron chi connectivity index (χ3n) is 5.26. The molecule has 0 saturated heterocycles. The van der Waals surface area contributed by atoms with Crippen LogP contribution in [0.2, 0.25) is 0 Å².